The first kappa shape index (κ1) is 28.2. The Morgan fingerprint density at radius 3 is 2.70 bits per heavy atom. The molecule has 8 heteroatoms. The van der Waals surface area contributed by atoms with Crippen molar-refractivity contribution in [1.82, 2.24) is 15.3 Å². The molecule has 3 heterocycles. The molecule has 40 heavy (non-hydrogen) atoms. The summed E-state index contributed by atoms with van der Waals surface area (Å²) in [6.07, 6.45) is 10.6. The monoisotopic (exact) mass is 546 g/mol. The largest absolute Gasteiger partial charge is 0.363 e. The molecule has 0 bridgehead atoms. The first-order valence-electron chi connectivity index (χ1n) is 14.7. The van der Waals surface area contributed by atoms with Crippen molar-refractivity contribution in [2.75, 3.05) is 29.9 Å². The topological polar surface area (TPSA) is 76.9 Å². The maximum Gasteiger partial charge on any atom is 0.276 e. The van der Waals surface area contributed by atoms with Gasteiger partial charge in [-0.05, 0) is 75.4 Å². The molecule has 0 spiro atoms. The van der Waals surface area contributed by atoms with Crippen molar-refractivity contribution in [1.29, 1.82) is 5.26 Å². The zero-order valence-corrected chi connectivity index (χ0v) is 23.6. The summed E-state index contributed by atoms with van der Waals surface area (Å²) in [6.45, 7) is 10.6. The van der Waals surface area contributed by atoms with Gasteiger partial charge in [0.25, 0.3) is 5.92 Å². The SMILES string of the molecule is C=C1C(C2(C#N)CC2)=Cc2c(N[C@H](C)c3cccc(C(F)(F)C4CCNCC4)c3)ncnc2N1CCCCCC. The van der Waals surface area contributed by atoms with Gasteiger partial charge in [-0.2, -0.15) is 5.26 Å². The van der Waals surface area contributed by atoms with Crippen LogP contribution < -0.4 is 15.5 Å². The molecule has 2 aromatic rings. The Morgan fingerprint density at radius 1 is 1.23 bits per heavy atom. The molecule has 1 aromatic carbocycles. The highest BCUT2D eigenvalue weighted by molar-refractivity contribution is 5.84. The summed E-state index contributed by atoms with van der Waals surface area (Å²) >= 11 is 0. The van der Waals surface area contributed by atoms with Crippen LogP contribution in [0.3, 0.4) is 0 Å². The number of unbranched alkanes of at least 4 members (excludes halogenated alkanes) is 3. The quantitative estimate of drug-likeness (QED) is 0.287. The van der Waals surface area contributed by atoms with Gasteiger partial charge in [-0.15, -0.1) is 0 Å². The maximum absolute atomic E-state index is 15.4. The van der Waals surface area contributed by atoms with Crippen LogP contribution in [-0.2, 0) is 5.92 Å². The fourth-order valence-corrected chi connectivity index (χ4v) is 5.99. The standard InChI is InChI=1S/C32H40F2N6/c1-4-5-6-7-17-40-23(3)28(31(20-35)13-14-31)19-27-29(37-21-38-30(27)40)39-22(2)24-9-8-10-26(18-24)32(33,34)25-11-15-36-16-12-25/h8-10,18-19,21-22,25,36H,3-7,11-17H2,1-2H3,(H,37,38,39)/t22-/m1/s1. The van der Waals surface area contributed by atoms with E-state index in [2.05, 4.69) is 45.1 Å². The van der Waals surface area contributed by atoms with Gasteiger partial charge in [0.05, 0.1) is 17.0 Å². The number of nitriles is 1. The van der Waals surface area contributed by atoms with Crippen LogP contribution >= 0.6 is 0 Å². The van der Waals surface area contributed by atoms with E-state index in [-0.39, 0.29) is 11.6 Å². The Hall–Kier alpha value is -3.31. The van der Waals surface area contributed by atoms with Crippen molar-refractivity contribution < 1.29 is 8.78 Å². The fourth-order valence-electron chi connectivity index (χ4n) is 5.99. The Morgan fingerprint density at radius 2 is 2.00 bits per heavy atom. The number of nitrogens with zero attached hydrogens (tertiary/aromatic N) is 4. The molecule has 1 aliphatic carbocycles. The Kier molecular flexibility index (Phi) is 8.23. The van der Waals surface area contributed by atoms with Crippen LogP contribution in [0.25, 0.3) is 6.08 Å². The van der Waals surface area contributed by atoms with Crippen molar-refractivity contribution in [3.63, 3.8) is 0 Å². The molecule has 1 atom stereocenters. The Bertz CT molecular complexity index is 1300. The molecular weight excluding hydrogens is 506 g/mol. The summed E-state index contributed by atoms with van der Waals surface area (Å²) in [6, 6.07) is 9.02. The second-order valence-electron chi connectivity index (χ2n) is 11.5. The first-order chi connectivity index (χ1) is 19.3. The lowest BCUT2D eigenvalue weighted by Gasteiger charge is -2.34. The summed E-state index contributed by atoms with van der Waals surface area (Å²) in [7, 11) is 0. The number of rotatable bonds is 11. The number of aromatic nitrogens is 2. The second kappa shape index (κ2) is 11.7. The van der Waals surface area contributed by atoms with E-state index in [1.807, 2.05) is 19.1 Å². The summed E-state index contributed by atoms with van der Waals surface area (Å²) in [4.78, 5) is 11.3. The molecule has 6 nitrogen and oxygen atoms in total. The smallest absolute Gasteiger partial charge is 0.276 e. The average Bonchev–Trinajstić information content (AvgIpc) is 3.78. The number of fused-ring (bicyclic) bond motifs is 1. The molecule has 2 N–H and O–H groups in total. The number of hydrogen-bond donors (Lipinski definition) is 2. The van der Waals surface area contributed by atoms with Crippen LogP contribution in [0.15, 0.2) is 48.4 Å². The van der Waals surface area contributed by atoms with Gasteiger partial charge >= 0.3 is 0 Å². The predicted molar refractivity (Wildman–Crippen MR) is 156 cm³/mol. The third kappa shape index (κ3) is 5.49. The number of halogens is 2. The number of piperidine rings is 1. The number of hydrogen-bond acceptors (Lipinski definition) is 6. The van der Waals surface area contributed by atoms with Crippen LogP contribution in [0.2, 0.25) is 0 Å². The molecule has 1 saturated carbocycles. The highest BCUT2D eigenvalue weighted by atomic mass is 19.3. The third-order valence-electron chi connectivity index (χ3n) is 8.74. The van der Waals surface area contributed by atoms with Crippen molar-refractivity contribution in [3.05, 3.63) is 65.1 Å². The highest BCUT2D eigenvalue weighted by Gasteiger charge is 2.49. The van der Waals surface area contributed by atoms with Crippen LogP contribution in [-0.4, -0.2) is 29.6 Å². The van der Waals surface area contributed by atoms with Crippen LogP contribution in [0, 0.1) is 22.7 Å². The summed E-state index contributed by atoms with van der Waals surface area (Å²) in [5.74, 6) is -2.13. The first-order valence-corrected chi connectivity index (χ1v) is 14.7. The van der Waals surface area contributed by atoms with Crippen LogP contribution in [0.1, 0.15) is 87.9 Å². The zero-order valence-electron chi connectivity index (χ0n) is 23.6. The van der Waals surface area contributed by atoms with Gasteiger partial charge in [0.2, 0.25) is 0 Å². The van der Waals surface area contributed by atoms with E-state index < -0.39 is 17.3 Å². The van der Waals surface area contributed by atoms with Gasteiger partial charge in [-0.25, -0.2) is 18.7 Å². The molecule has 2 fully saturated rings. The van der Waals surface area contributed by atoms with Crippen LogP contribution in [0.5, 0.6) is 0 Å². The molecule has 1 saturated heterocycles. The van der Waals surface area contributed by atoms with Crippen molar-refractivity contribution in [2.45, 2.75) is 77.2 Å². The van der Waals surface area contributed by atoms with E-state index in [1.165, 1.54) is 12.7 Å². The molecule has 0 amide bonds. The molecule has 0 unspecified atom stereocenters. The molecular formula is C32H40F2N6. The van der Waals surface area contributed by atoms with Gasteiger partial charge in [0.15, 0.2) is 0 Å². The minimum atomic E-state index is -2.88. The minimum absolute atomic E-state index is 0.0664. The predicted octanol–water partition coefficient (Wildman–Crippen LogP) is 7.34. The fraction of sp³-hybridized carbons (Fsp3) is 0.531. The second-order valence-corrected chi connectivity index (χ2v) is 11.5. The maximum atomic E-state index is 15.4. The number of benzene rings is 1. The van der Waals surface area contributed by atoms with E-state index in [4.69, 9.17) is 0 Å². The molecule has 5 rings (SSSR count). The average molecular weight is 547 g/mol. The van der Waals surface area contributed by atoms with Gasteiger partial charge in [-0.3, -0.25) is 0 Å². The molecule has 212 valence electrons. The van der Waals surface area contributed by atoms with E-state index in [0.29, 0.717) is 31.7 Å². The van der Waals surface area contributed by atoms with E-state index in [1.54, 1.807) is 18.2 Å². The van der Waals surface area contributed by atoms with Crippen molar-refractivity contribution in [3.8, 4) is 6.07 Å². The number of anilines is 2. The van der Waals surface area contributed by atoms with Crippen molar-refractivity contribution >= 4 is 17.7 Å². The van der Waals surface area contributed by atoms with E-state index in [0.717, 1.165) is 66.9 Å². The van der Waals surface area contributed by atoms with E-state index >= 15 is 8.78 Å². The van der Waals surface area contributed by atoms with Crippen LogP contribution in [0.4, 0.5) is 20.4 Å². The van der Waals surface area contributed by atoms with Gasteiger partial charge in [0.1, 0.15) is 18.0 Å². The number of allylic oxidation sites excluding steroid dienone is 1. The van der Waals surface area contributed by atoms with Gasteiger partial charge < -0.3 is 15.5 Å². The number of alkyl halides is 2. The lowest BCUT2D eigenvalue weighted by Crippen LogP contribution is -2.36. The molecule has 2 aliphatic heterocycles. The number of nitrogens with one attached hydrogen (secondary N) is 2. The lowest BCUT2D eigenvalue weighted by atomic mass is 9.86. The molecule has 1 aromatic heterocycles. The molecule has 3 aliphatic rings. The molecule has 0 radical (unpaired) electrons. The summed E-state index contributed by atoms with van der Waals surface area (Å²) in [5, 5.41) is 16.6. The summed E-state index contributed by atoms with van der Waals surface area (Å²) < 4.78 is 30.9. The zero-order chi connectivity index (χ0) is 28.3. The summed E-state index contributed by atoms with van der Waals surface area (Å²) in [5.41, 5.74) is 2.93. The Labute approximate surface area is 236 Å². The Balaban J connectivity index is 1.43. The lowest BCUT2D eigenvalue weighted by molar-refractivity contribution is -0.0754. The van der Waals surface area contributed by atoms with Gasteiger partial charge in [0, 0.05) is 29.8 Å². The highest BCUT2D eigenvalue weighted by Crippen LogP contribution is 2.56. The van der Waals surface area contributed by atoms with Crippen molar-refractivity contribution in [2.24, 2.45) is 11.3 Å². The van der Waals surface area contributed by atoms with E-state index in [9.17, 15) is 5.26 Å². The van der Waals surface area contributed by atoms with Gasteiger partial charge in [-0.1, -0.05) is 51.0 Å². The minimum Gasteiger partial charge on any atom is -0.363 e. The third-order valence-corrected chi connectivity index (χ3v) is 8.74. The normalized spacial score (nSPS) is 19.4.